The minimum atomic E-state index is -0.666. The van der Waals surface area contributed by atoms with Crippen molar-refractivity contribution in [2.75, 3.05) is 13.2 Å². The summed E-state index contributed by atoms with van der Waals surface area (Å²) in [5.74, 6) is -0.0390. The van der Waals surface area contributed by atoms with Gasteiger partial charge in [0.1, 0.15) is 0 Å². The molecular formula is C59H113NO5. The van der Waals surface area contributed by atoms with Gasteiger partial charge in [-0.1, -0.05) is 250 Å². The fourth-order valence-corrected chi connectivity index (χ4v) is 8.98. The van der Waals surface area contributed by atoms with E-state index in [1.165, 1.54) is 238 Å². The molecule has 0 saturated heterocycles. The molecule has 0 aromatic heterocycles. The summed E-state index contributed by atoms with van der Waals surface area (Å²) in [7, 11) is 0. The predicted octanol–water partition coefficient (Wildman–Crippen LogP) is 17.9. The number of rotatable bonds is 54. The number of unbranched alkanes of at least 4 members (excludes halogenated alkanes) is 39. The van der Waals surface area contributed by atoms with Gasteiger partial charge in [0.25, 0.3) is 0 Å². The van der Waals surface area contributed by atoms with Crippen molar-refractivity contribution in [3.05, 3.63) is 24.3 Å². The first-order chi connectivity index (χ1) is 32.0. The third kappa shape index (κ3) is 51.6. The van der Waals surface area contributed by atoms with E-state index >= 15 is 0 Å². The molecule has 0 aliphatic rings. The van der Waals surface area contributed by atoms with Gasteiger partial charge >= 0.3 is 5.97 Å². The van der Waals surface area contributed by atoms with Crippen molar-refractivity contribution in [1.82, 2.24) is 5.32 Å². The van der Waals surface area contributed by atoms with Crippen LogP contribution >= 0.6 is 0 Å². The fourth-order valence-electron chi connectivity index (χ4n) is 8.98. The average molecular weight is 917 g/mol. The number of carbonyl (C=O) groups excluding carboxylic acids is 2. The lowest BCUT2D eigenvalue weighted by atomic mass is 10.0. The molecule has 0 radical (unpaired) electrons. The quantitative estimate of drug-likeness (QED) is 0.0321. The second kappa shape index (κ2) is 54.9. The maximum absolute atomic E-state index is 12.4. The molecule has 3 N–H and O–H groups in total. The number of esters is 1. The van der Waals surface area contributed by atoms with E-state index in [4.69, 9.17) is 4.74 Å². The highest BCUT2D eigenvalue weighted by molar-refractivity contribution is 5.76. The zero-order chi connectivity index (χ0) is 47.2. The van der Waals surface area contributed by atoms with Crippen LogP contribution in [0.3, 0.4) is 0 Å². The number of amides is 1. The molecule has 1 amide bonds. The molecule has 384 valence electrons. The van der Waals surface area contributed by atoms with Gasteiger partial charge in [-0.2, -0.15) is 0 Å². The molecule has 6 nitrogen and oxygen atoms in total. The Bertz CT molecular complexity index is 1010. The lowest BCUT2D eigenvalue weighted by Crippen LogP contribution is -2.45. The molecule has 2 unspecified atom stereocenters. The first-order valence-corrected chi connectivity index (χ1v) is 29.1. The number of nitrogens with one attached hydrogen (secondary N) is 1. The van der Waals surface area contributed by atoms with Gasteiger partial charge in [0.05, 0.1) is 25.4 Å². The van der Waals surface area contributed by atoms with Crippen molar-refractivity contribution in [1.29, 1.82) is 0 Å². The van der Waals surface area contributed by atoms with Gasteiger partial charge in [0.2, 0.25) is 5.91 Å². The van der Waals surface area contributed by atoms with E-state index in [1.54, 1.807) is 0 Å². The Balaban J connectivity index is 3.39. The number of hydrogen-bond acceptors (Lipinski definition) is 5. The zero-order valence-electron chi connectivity index (χ0n) is 43.7. The van der Waals surface area contributed by atoms with Crippen molar-refractivity contribution in [3.63, 3.8) is 0 Å². The van der Waals surface area contributed by atoms with Crippen LogP contribution in [-0.4, -0.2) is 47.4 Å². The summed E-state index contributed by atoms with van der Waals surface area (Å²) in [6.45, 7) is 4.93. The smallest absolute Gasteiger partial charge is 0.305 e. The number of ether oxygens (including phenoxy) is 1. The second-order valence-corrected chi connectivity index (χ2v) is 20.0. The average Bonchev–Trinajstić information content (AvgIpc) is 3.31. The van der Waals surface area contributed by atoms with Crippen molar-refractivity contribution in [3.8, 4) is 0 Å². The molecule has 0 spiro atoms. The third-order valence-corrected chi connectivity index (χ3v) is 13.5. The van der Waals surface area contributed by atoms with Crippen molar-refractivity contribution < 1.29 is 24.5 Å². The Morgan fingerprint density at radius 2 is 0.723 bits per heavy atom. The van der Waals surface area contributed by atoms with Crippen LogP contribution in [0.5, 0.6) is 0 Å². The summed E-state index contributed by atoms with van der Waals surface area (Å²) < 4.78 is 5.47. The van der Waals surface area contributed by atoms with Crippen LogP contribution in [-0.2, 0) is 14.3 Å². The van der Waals surface area contributed by atoms with Crippen LogP contribution in [0.15, 0.2) is 24.3 Å². The topological polar surface area (TPSA) is 95.9 Å². The highest BCUT2D eigenvalue weighted by Crippen LogP contribution is 2.17. The summed E-state index contributed by atoms with van der Waals surface area (Å²) in [4.78, 5) is 24.5. The molecule has 0 saturated carbocycles. The summed E-state index contributed by atoms with van der Waals surface area (Å²) >= 11 is 0. The number of hydrogen-bond donors (Lipinski definition) is 3. The second-order valence-electron chi connectivity index (χ2n) is 20.0. The Labute approximate surface area is 405 Å². The van der Waals surface area contributed by atoms with E-state index in [0.717, 1.165) is 44.9 Å². The van der Waals surface area contributed by atoms with Gasteiger partial charge in [-0.25, -0.2) is 0 Å². The van der Waals surface area contributed by atoms with E-state index in [2.05, 4.69) is 43.5 Å². The highest BCUT2D eigenvalue weighted by Gasteiger charge is 2.20. The Kier molecular flexibility index (Phi) is 53.5. The van der Waals surface area contributed by atoms with Gasteiger partial charge in [0, 0.05) is 12.8 Å². The summed E-state index contributed by atoms with van der Waals surface area (Å²) in [5, 5.41) is 23.2. The van der Waals surface area contributed by atoms with Gasteiger partial charge < -0.3 is 20.3 Å². The van der Waals surface area contributed by atoms with Gasteiger partial charge in [-0.15, -0.1) is 0 Å². The monoisotopic (exact) mass is 916 g/mol. The van der Waals surface area contributed by atoms with Gasteiger partial charge in [-0.05, 0) is 77.0 Å². The molecule has 0 rings (SSSR count). The molecule has 0 aromatic rings. The Hall–Kier alpha value is -1.66. The van der Waals surface area contributed by atoms with E-state index in [0.29, 0.717) is 25.9 Å². The molecule has 0 aromatic carbocycles. The summed E-state index contributed by atoms with van der Waals surface area (Å²) in [6.07, 6.45) is 66.1. The SMILES string of the molecule is CCCCCCC/C=C\CCCCCCCC(=O)OCCCCCCCCCCCCCC/C=C\CCCCCCCCCC(=O)NC(CO)C(O)CCCCCCCCCCCCC. The largest absolute Gasteiger partial charge is 0.466 e. The van der Waals surface area contributed by atoms with Crippen LogP contribution in [0, 0.1) is 0 Å². The molecule has 0 fully saturated rings. The minimum Gasteiger partial charge on any atom is -0.466 e. The lowest BCUT2D eigenvalue weighted by molar-refractivity contribution is -0.143. The van der Waals surface area contributed by atoms with Crippen molar-refractivity contribution in [2.45, 2.75) is 328 Å². The molecule has 0 bridgehead atoms. The normalized spacial score (nSPS) is 12.7. The van der Waals surface area contributed by atoms with Crippen molar-refractivity contribution in [2.24, 2.45) is 0 Å². The molecule has 6 heteroatoms. The maximum atomic E-state index is 12.4. The number of carbonyl (C=O) groups is 2. The summed E-state index contributed by atoms with van der Waals surface area (Å²) in [6, 6.07) is -0.544. The van der Waals surface area contributed by atoms with E-state index < -0.39 is 12.1 Å². The van der Waals surface area contributed by atoms with Crippen LogP contribution < -0.4 is 5.32 Å². The first kappa shape index (κ1) is 63.3. The molecule has 2 atom stereocenters. The predicted molar refractivity (Wildman–Crippen MR) is 283 cm³/mol. The van der Waals surface area contributed by atoms with Gasteiger partial charge in [0.15, 0.2) is 0 Å². The first-order valence-electron chi connectivity index (χ1n) is 29.1. The van der Waals surface area contributed by atoms with E-state index in [1.807, 2.05) is 0 Å². The summed E-state index contributed by atoms with van der Waals surface area (Å²) in [5.41, 5.74) is 0. The fraction of sp³-hybridized carbons (Fsp3) is 0.898. The third-order valence-electron chi connectivity index (χ3n) is 13.5. The molecule has 0 heterocycles. The van der Waals surface area contributed by atoms with E-state index in [9.17, 15) is 19.8 Å². The lowest BCUT2D eigenvalue weighted by Gasteiger charge is -2.22. The minimum absolute atomic E-state index is 0.00294. The van der Waals surface area contributed by atoms with Crippen LogP contribution in [0.4, 0.5) is 0 Å². The molecule has 0 aliphatic heterocycles. The van der Waals surface area contributed by atoms with E-state index in [-0.39, 0.29) is 18.5 Å². The van der Waals surface area contributed by atoms with Crippen LogP contribution in [0.25, 0.3) is 0 Å². The molecular weight excluding hydrogens is 803 g/mol. The van der Waals surface area contributed by atoms with Crippen molar-refractivity contribution >= 4 is 11.9 Å². The highest BCUT2D eigenvalue weighted by atomic mass is 16.5. The molecule has 0 aliphatic carbocycles. The molecule has 65 heavy (non-hydrogen) atoms. The number of allylic oxidation sites excluding steroid dienone is 4. The zero-order valence-corrected chi connectivity index (χ0v) is 43.7. The Morgan fingerprint density at radius 3 is 1.09 bits per heavy atom. The number of aliphatic hydroxyl groups is 2. The van der Waals surface area contributed by atoms with Gasteiger partial charge in [-0.3, -0.25) is 9.59 Å². The maximum Gasteiger partial charge on any atom is 0.305 e. The van der Waals surface area contributed by atoms with Crippen LogP contribution in [0.2, 0.25) is 0 Å². The van der Waals surface area contributed by atoms with Crippen LogP contribution in [0.1, 0.15) is 316 Å². The Morgan fingerprint density at radius 1 is 0.415 bits per heavy atom. The number of aliphatic hydroxyl groups excluding tert-OH is 2. The standard InChI is InChI=1S/C59H113NO5/c1-3-5-7-9-11-13-15-16-29-33-37-41-45-49-53-59(64)65-54-50-46-42-38-34-30-27-25-23-21-19-17-18-20-22-24-26-28-32-36-40-44-48-52-58(63)60-56(55-61)57(62)51-47-43-39-35-31-14-12-10-8-6-4-2/h15-16,20,22,56-57,61-62H,3-14,17-19,21,23-55H2,1-2H3,(H,60,63)/b16-15-,22-20-.